The molecule has 0 amide bonds. The van der Waals surface area contributed by atoms with Gasteiger partial charge in [-0.05, 0) is 45.9 Å². The van der Waals surface area contributed by atoms with Crippen LogP contribution in [-0.2, 0) is 17.4 Å². The van der Waals surface area contributed by atoms with Gasteiger partial charge in [-0.25, -0.2) is 0 Å². The number of nitrogens with two attached hydrogens (primary N) is 1. The Hall–Kier alpha value is -1.40. The number of hydrogen-bond acceptors (Lipinski definition) is 3. The Labute approximate surface area is 123 Å². The molecule has 0 spiro atoms. The zero-order chi connectivity index (χ0) is 16.7. The summed E-state index contributed by atoms with van der Waals surface area (Å²) in [6, 6.07) is 5.17. The molecule has 1 aromatic carbocycles. The summed E-state index contributed by atoms with van der Waals surface area (Å²) in [5.41, 5.74) is 4.82. The van der Waals surface area contributed by atoms with E-state index in [0.29, 0.717) is 18.3 Å². The Bertz CT molecular complexity index is 443. The zero-order valence-electron chi connectivity index (χ0n) is 12.8. The predicted molar refractivity (Wildman–Crippen MR) is 78.0 cm³/mol. The number of benzene rings is 1. The SMILES string of the molecule is CC(N)C=O.CNC(C)(C)Cc1cccc(C(F)(F)F)c1. The molecule has 0 radical (unpaired) electrons. The molecule has 0 aliphatic carbocycles. The second-order valence-electron chi connectivity index (χ2n) is 5.50. The molecule has 1 unspecified atom stereocenters. The van der Waals surface area contributed by atoms with Crippen LogP contribution in [0, 0.1) is 0 Å². The summed E-state index contributed by atoms with van der Waals surface area (Å²) >= 11 is 0. The highest BCUT2D eigenvalue weighted by atomic mass is 19.4. The van der Waals surface area contributed by atoms with E-state index in [1.165, 1.54) is 12.1 Å². The lowest BCUT2D eigenvalue weighted by Gasteiger charge is -2.24. The molecule has 3 N–H and O–H groups in total. The minimum absolute atomic E-state index is 0.204. The largest absolute Gasteiger partial charge is 0.416 e. The van der Waals surface area contributed by atoms with Gasteiger partial charge < -0.3 is 15.8 Å². The van der Waals surface area contributed by atoms with Crippen molar-refractivity contribution in [3.05, 3.63) is 35.4 Å². The van der Waals surface area contributed by atoms with Crippen LogP contribution in [-0.4, -0.2) is 24.9 Å². The van der Waals surface area contributed by atoms with Gasteiger partial charge >= 0.3 is 6.18 Å². The number of carbonyl (C=O) groups is 1. The van der Waals surface area contributed by atoms with Crippen molar-refractivity contribution < 1.29 is 18.0 Å². The summed E-state index contributed by atoms with van der Waals surface area (Å²) in [6.07, 6.45) is -3.01. The molecular formula is C15H23F3N2O. The van der Waals surface area contributed by atoms with Crippen molar-refractivity contribution in [2.45, 2.75) is 44.9 Å². The van der Waals surface area contributed by atoms with Crippen molar-refractivity contribution in [3.8, 4) is 0 Å². The molecule has 1 rings (SSSR count). The molecule has 0 saturated carbocycles. The van der Waals surface area contributed by atoms with E-state index < -0.39 is 11.7 Å². The lowest BCUT2D eigenvalue weighted by Crippen LogP contribution is -2.38. The fourth-order valence-electron chi connectivity index (χ4n) is 1.46. The Morgan fingerprint density at radius 3 is 2.24 bits per heavy atom. The number of alkyl halides is 3. The van der Waals surface area contributed by atoms with Gasteiger partial charge in [0, 0.05) is 5.54 Å². The molecule has 0 aromatic heterocycles. The van der Waals surface area contributed by atoms with Crippen LogP contribution in [0.1, 0.15) is 31.9 Å². The van der Waals surface area contributed by atoms with E-state index in [9.17, 15) is 18.0 Å². The summed E-state index contributed by atoms with van der Waals surface area (Å²) in [4.78, 5) is 9.38. The highest BCUT2D eigenvalue weighted by Gasteiger charge is 2.30. The summed E-state index contributed by atoms with van der Waals surface area (Å²) < 4.78 is 37.4. The lowest BCUT2D eigenvalue weighted by atomic mass is 9.94. The first kappa shape index (κ1) is 19.6. The molecule has 6 heteroatoms. The molecule has 0 aliphatic heterocycles. The maximum absolute atomic E-state index is 12.5. The van der Waals surface area contributed by atoms with Gasteiger partial charge in [-0.2, -0.15) is 13.2 Å². The maximum atomic E-state index is 12.5. The van der Waals surface area contributed by atoms with Gasteiger partial charge in [0.1, 0.15) is 6.29 Å². The van der Waals surface area contributed by atoms with E-state index in [1.54, 1.807) is 20.0 Å². The Morgan fingerprint density at radius 2 is 1.86 bits per heavy atom. The first-order valence-electron chi connectivity index (χ1n) is 6.58. The number of likely N-dealkylation sites (N-methyl/N-ethyl adjacent to an activating group) is 1. The van der Waals surface area contributed by atoms with E-state index in [0.717, 1.165) is 6.07 Å². The number of halogens is 3. The summed E-state index contributed by atoms with van der Waals surface area (Å²) in [7, 11) is 1.80. The van der Waals surface area contributed by atoms with Crippen LogP contribution < -0.4 is 11.1 Å². The van der Waals surface area contributed by atoms with Crippen LogP contribution in [0.4, 0.5) is 13.2 Å². The molecular weight excluding hydrogens is 281 g/mol. The van der Waals surface area contributed by atoms with Crippen LogP contribution in [0.2, 0.25) is 0 Å². The third-order valence-corrected chi connectivity index (χ3v) is 2.79. The van der Waals surface area contributed by atoms with Gasteiger partial charge in [0.15, 0.2) is 0 Å². The number of rotatable bonds is 4. The Balaban J connectivity index is 0.000000690. The topological polar surface area (TPSA) is 55.1 Å². The summed E-state index contributed by atoms with van der Waals surface area (Å²) in [6.45, 7) is 5.54. The van der Waals surface area contributed by atoms with Crippen molar-refractivity contribution in [1.29, 1.82) is 0 Å². The van der Waals surface area contributed by atoms with Crippen LogP contribution in [0.5, 0.6) is 0 Å². The van der Waals surface area contributed by atoms with E-state index in [-0.39, 0.29) is 11.6 Å². The molecule has 0 bridgehead atoms. The molecule has 21 heavy (non-hydrogen) atoms. The van der Waals surface area contributed by atoms with Gasteiger partial charge in [0.05, 0.1) is 11.6 Å². The van der Waals surface area contributed by atoms with E-state index >= 15 is 0 Å². The maximum Gasteiger partial charge on any atom is 0.416 e. The minimum atomic E-state index is -4.26. The molecule has 0 heterocycles. The van der Waals surface area contributed by atoms with Gasteiger partial charge in [-0.3, -0.25) is 0 Å². The average molecular weight is 304 g/mol. The second kappa shape index (κ2) is 8.14. The number of hydrogen-bond donors (Lipinski definition) is 2. The standard InChI is InChI=1S/C12H16F3N.C3H7NO/c1-11(2,16-3)8-9-5-4-6-10(7-9)12(13,14)15;1-3(4)2-5/h4-7,16H,8H2,1-3H3;2-3H,4H2,1H3. The molecule has 0 saturated heterocycles. The summed E-state index contributed by atoms with van der Waals surface area (Å²) in [5.74, 6) is 0. The molecule has 0 aliphatic rings. The van der Waals surface area contributed by atoms with Gasteiger partial charge in [0.2, 0.25) is 0 Å². The van der Waals surface area contributed by atoms with Gasteiger partial charge in [0.25, 0.3) is 0 Å². The van der Waals surface area contributed by atoms with Crippen molar-refractivity contribution in [2.75, 3.05) is 7.05 Å². The lowest BCUT2D eigenvalue weighted by molar-refractivity contribution is -0.137. The van der Waals surface area contributed by atoms with E-state index in [4.69, 9.17) is 5.73 Å². The van der Waals surface area contributed by atoms with E-state index in [1.807, 2.05) is 13.8 Å². The molecule has 3 nitrogen and oxygen atoms in total. The monoisotopic (exact) mass is 304 g/mol. The Kier molecular flexibility index (Phi) is 7.60. The first-order chi connectivity index (χ1) is 9.51. The van der Waals surface area contributed by atoms with Crippen LogP contribution in [0.3, 0.4) is 0 Å². The fourth-order valence-corrected chi connectivity index (χ4v) is 1.46. The smallest absolute Gasteiger partial charge is 0.322 e. The average Bonchev–Trinajstić information content (AvgIpc) is 2.38. The number of nitrogens with one attached hydrogen (secondary N) is 1. The third-order valence-electron chi connectivity index (χ3n) is 2.79. The fraction of sp³-hybridized carbons (Fsp3) is 0.533. The van der Waals surface area contributed by atoms with Gasteiger partial charge in [-0.1, -0.05) is 18.2 Å². The number of carbonyl (C=O) groups excluding carboxylic acids is 1. The molecule has 1 atom stereocenters. The quantitative estimate of drug-likeness (QED) is 0.841. The second-order valence-corrected chi connectivity index (χ2v) is 5.50. The predicted octanol–water partition coefficient (Wildman–Crippen LogP) is 2.78. The van der Waals surface area contributed by atoms with Crippen molar-refractivity contribution in [2.24, 2.45) is 5.73 Å². The van der Waals surface area contributed by atoms with Crippen LogP contribution >= 0.6 is 0 Å². The van der Waals surface area contributed by atoms with E-state index in [2.05, 4.69) is 5.32 Å². The third kappa shape index (κ3) is 8.47. The molecule has 0 fully saturated rings. The van der Waals surface area contributed by atoms with Crippen LogP contribution in [0.15, 0.2) is 24.3 Å². The Morgan fingerprint density at radius 1 is 1.33 bits per heavy atom. The molecule has 120 valence electrons. The highest BCUT2D eigenvalue weighted by Crippen LogP contribution is 2.30. The minimum Gasteiger partial charge on any atom is -0.322 e. The van der Waals surface area contributed by atoms with Crippen molar-refractivity contribution in [1.82, 2.24) is 5.32 Å². The number of aldehydes is 1. The zero-order valence-corrected chi connectivity index (χ0v) is 12.8. The van der Waals surface area contributed by atoms with Crippen molar-refractivity contribution >= 4 is 6.29 Å². The van der Waals surface area contributed by atoms with Gasteiger partial charge in [-0.15, -0.1) is 0 Å². The molecule has 1 aromatic rings. The van der Waals surface area contributed by atoms with Crippen LogP contribution in [0.25, 0.3) is 0 Å². The highest BCUT2D eigenvalue weighted by molar-refractivity contribution is 5.55. The van der Waals surface area contributed by atoms with Crippen molar-refractivity contribution in [3.63, 3.8) is 0 Å². The summed E-state index contributed by atoms with van der Waals surface area (Å²) in [5, 5.41) is 3.07. The normalized spacial score (nSPS) is 13.1. The first-order valence-corrected chi connectivity index (χ1v) is 6.58.